The van der Waals surface area contributed by atoms with Gasteiger partial charge in [-0.2, -0.15) is 0 Å². The molecule has 0 bridgehead atoms. The fourth-order valence-corrected chi connectivity index (χ4v) is 5.23. The Labute approximate surface area is 182 Å². The van der Waals surface area contributed by atoms with Gasteiger partial charge in [0.1, 0.15) is 5.54 Å². The number of carbonyl (C=O) groups is 3. The van der Waals surface area contributed by atoms with Gasteiger partial charge < -0.3 is 15.1 Å². The highest BCUT2D eigenvalue weighted by Crippen LogP contribution is 2.51. The minimum atomic E-state index is -1.72. The molecule has 3 atom stereocenters. The van der Waals surface area contributed by atoms with Crippen LogP contribution in [0.3, 0.4) is 0 Å². The van der Waals surface area contributed by atoms with Crippen molar-refractivity contribution in [2.45, 2.75) is 38.3 Å². The Morgan fingerprint density at radius 2 is 1.87 bits per heavy atom. The van der Waals surface area contributed by atoms with Crippen molar-refractivity contribution in [1.82, 2.24) is 4.90 Å². The lowest BCUT2D eigenvalue weighted by Gasteiger charge is -2.39. The van der Waals surface area contributed by atoms with Gasteiger partial charge in [0.15, 0.2) is 0 Å². The lowest BCUT2D eigenvalue weighted by Crippen LogP contribution is -2.54. The number of carbonyl (C=O) groups excluding carboxylic acids is 1. The summed E-state index contributed by atoms with van der Waals surface area (Å²) in [6.45, 7) is 3.63. The molecule has 1 aliphatic heterocycles. The van der Waals surface area contributed by atoms with E-state index < -0.39 is 40.3 Å². The SMILES string of the molecule is CC(C)C[C@@]1(C(=O)O)C[C@H](C(=O)O)[C@H](c2cccs2)N1C(=O)c1ccc([N+](=O)[O-])cc1. The smallest absolute Gasteiger partial charge is 0.329 e. The Kier molecular flexibility index (Phi) is 6.12. The molecule has 0 radical (unpaired) electrons. The van der Waals surface area contributed by atoms with Crippen LogP contribution in [0.1, 0.15) is 48.0 Å². The number of nitrogens with zero attached hydrogens (tertiary/aromatic N) is 2. The second kappa shape index (κ2) is 8.46. The quantitative estimate of drug-likeness (QED) is 0.487. The van der Waals surface area contributed by atoms with Gasteiger partial charge in [0, 0.05) is 22.6 Å². The van der Waals surface area contributed by atoms with E-state index in [1.807, 2.05) is 13.8 Å². The minimum Gasteiger partial charge on any atom is -0.481 e. The Bertz CT molecular complexity index is 1000. The van der Waals surface area contributed by atoms with Crippen molar-refractivity contribution in [2.75, 3.05) is 0 Å². The predicted octanol–water partition coefficient (Wildman–Crippen LogP) is 3.81. The van der Waals surface area contributed by atoms with Crippen molar-refractivity contribution < 1.29 is 29.5 Å². The lowest BCUT2D eigenvalue weighted by molar-refractivity contribution is -0.384. The number of nitro groups is 1. The molecule has 2 heterocycles. The van der Waals surface area contributed by atoms with E-state index in [1.165, 1.54) is 40.5 Å². The van der Waals surface area contributed by atoms with E-state index >= 15 is 0 Å². The zero-order chi connectivity index (χ0) is 22.9. The molecule has 1 saturated heterocycles. The van der Waals surface area contributed by atoms with Gasteiger partial charge in [0.05, 0.1) is 16.9 Å². The molecule has 0 saturated carbocycles. The van der Waals surface area contributed by atoms with Crippen molar-refractivity contribution in [1.29, 1.82) is 0 Å². The average Bonchev–Trinajstić information content (AvgIpc) is 3.33. The summed E-state index contributed by atoms with van der Waals surface area (Å²) in [4.78, 5) is 50.4. The summed E-state index contributed by atoms with van der Waals surface area (Å²) in [5, 5.41) is 32.8. The molecular formula is C21H22N2O7S. The summed E-state index contributed by atoms with van der Waals surface area (Å²) >= 11 is 1.26. The normalized spacial score (nSPS) is 23.1. The van der Waals surface area contributed by atoms with Gasteiger partial charge in [-0.1, -0.05) is 19.9 Å². The highest BCUT2D eigenvalue weighted by Gasteiger charge is 2.61. The van der Waals surface area contributed by atoms with Gasteiger partial charge in [0.25, 0.3) is 11.6 Å². The lowest BCUT2D eigenvalue weighted by atomic mass is 9.83. The number of hydrogen-bond acceptors (Lipinski definition) is 6. The highest BCUT2D eigenvalue weighted by molar-refractivity contribution is 7.10. The molecule has 9 nitrogen and oxygen atoms in total. The van der Waals surface area contributed by atoms with Gasteiger partial charge in [-0.15, -0.1) is 11.3 Å². The second-order valence-electron chi connectivity index (χ2n) is 8.02. The summed E-state index contributed by atoms with van der Waals surface area (Å²) in [5.41, 5.74) is -1.86. The van der Waals surface area contributed by atoms with Crippen molar-refractivity contribution >= 4 is 34.9 Å². The molecule has 2 aromatic rings. The van der Waals surface area contributed by atoms with Gasteiger partial charge in [-0.05, 0) is 42.3 Å². The molecule has 10 heteroatoms. The van der Waals surface area contributed by atoms with E-state index in [2.05, 4.69) is 0 Å². The molecule has 1 aliphatic rings. The Balaban J connectivity index is 2.18. The van der Waals surface area contributed by atoms with Crippen LogP contribution in [0.5, 0.6) is 0 Å². The van der Waals surface area contributed by atoms with Gasteiger partial charge >= 0.3 is 11.9 Å². The monoisotopic (exact) mass is 446 g/mol. The number of rotatable bonds is 7. The highest BCUT2D eigenvalue weighted by atomic mass is 32.1. The third-order valence-corrected chi connectivity index (χ3v) is 6.46. The standard InChI is InChI=1S/C21H22N2O7S/c1-12(2)10-21(20(27)28)11-15(19(25)26)17(16-4-3-9-31-16)22(21)18(24)13-5-7-14(8-6-13)23(29)30/h3-9,12,15,17H,10-11H2,1-2H3,(H,25,26)(H,27,28)/t15-,17+,21-/m0/s1. The number of aliphatic carboxylic acids is 2. The maximum atomic E-state index is 13.6. The number of thiophene rings is 1. The summed E-state index contributed by atoms with van der Waals surface area (Å²) in [6, 6.07) is 7.32. The first-order valence-electron chi connectivity index (χ1n) is 9.66. The number of benzene rings is 1. The molecule has 1 aromatic heterocycles. The molecule has 1 amide bonds. The molecule has 31 heavy (non-hydrogen) atoms. The van der Waals surface area contributed by atoms with Crippen LogP contribution < -0.4 is 0 Å². The summed E-state index contributed by atoms with van der Waals surface area (Å²) in [7, 11) is 0. The van der Waals surface area contributed by atoms with E-state index in [9.17, 15) is 34.7 Å². The van der Waals surface area contributed by atoms with E-state index in [1.54, 1.807) is 17.5 Å². The van der Waals surface area contributed by atoms with Crippen molar-refractivity contribution in [3.8, 4) is 0 Å². The van der Waals surface area contributed by atoms with Crippen LogP contribution in [-0.2, 0) is 9.59 Å². The molecule has 164 valence electrons. The van der Waals surface area contributed by atoms with E-state index in [4.69, 9.17) is 0 Å². The number of non-ortho nitro benzene ring substituents is 1. The van der Waals surface area contributed by atoms with E-state index in [-0.39, 0.29) is 30.0 Å². The maximum Gasteiger partial charge on any atom is 0.329 e. The Hall–Kier alpha value is -3.27. The molecule has 0 unspecified atom stereocenters. The fourth-order valence-electron chi connectivity index (χ4n) is 4.35. The first-order chi connectivity index (χ1) is 14.6. The molecule has 2 N–H and O–H groups in total. The molecule has 0 spiro atoms. The van der Waals surface area contributed by atoms with Crippen LogP contribution in [0.4, 0.5) is 5.69 Å². The van der Waals surface area contributed by atoms with Crippen LogP contribution in [0.2, 0.25) is 0 Å². The van der Waals surface area contributed by atoms with Crippen molar-refractivity contribution in [3.63, 3.8) is 0 Å². The molecular weight excluding hydrogens is 424 g/mol. The maximum absolute atomic E-state index is 13.6. The van der Waals surface area contributed by atoms with Crippen LogP contribution in [-0.4, -0.2) is 43.4 Å². The molecule has 3 rings (SSSR count). The predicted molar refractivity (Wildman–Crippen MR) is 112 cm³/mol. The van der Waals surface area contributed by atoms with Crippen LogP contribution >= 0.6 is 11.3 Å². The Morgan fingerprint density at radius 3 is 2.32 bits per heavy atom. The van der Waals surface area contributed by atoms with Crippen LogP contribution in [0.25, 0.3) is 0 Å². The van der Waals surface area contributed by atoms with Gasteiger partial charge in [-0.3, -0.25) is 19.7 Å². The number of carboxylic acids is 2. The molecule has 1 aromatic carbocycles. The summed E-state index contributed by atoms with van der Waals surface area (Å²) in [5.74, 6) is -4.33. The minimum absolute atomic E-state index is 0.0626. The number of amides is 1. The van der Waals surface area contributed by atoms with Crippen molar-refractivity contribution in [3.05, 3.63) is 62.3 Å². The summed E-state index contributed by atoms with van der Waals surface area (Å²) < 4.78 is 0. The topological polar surface area (TPSA) is 138 Å². The van der Waals surface area contributed by atoms with Gasteiger partial charge in [-0.25, -0.2) is 4.79 Å². The number of nitro benzene ring substituents is 1. The number of carboxylic acid groups (broad SMARTS) is 2. The largest absolute Gasteiger partial charge is 0.481 e. The third kappa shape index (κ3) is 4.02. The second-order valence-corrected chi connectivity index (χ2v) is 9.00. The van der Waals surface area contributed by atoms with Gasteiger partial charge in [0.2, 0.25) is 0 Å². The van der Waals surface area contributed by atoms with Crippen LogP contribution in [0, 0.1) is 22.0 Å². The zero-order valence-corrected chi connectivity index (χ0v) is 17.7. The fraction of sp³-hybridized carbons (Fsp3) is 0.381. The number of likely N-dealkylation sites (tertiary alicyclic amines) is 1. The van der Waals surface area contributed by atoms with Crippen LogP contribution in [0.15, 0.2) is 41.8 Å². The van der Waals surface area contributed by atoms with Crippen molar-refractivity contribution in [2.24, 2.45) is 11.8 Å². The Morgan fingerprint density at radius 1 is 1.23 bits per heavy atom. The zero-order valence-electron chi connectivity index (χ0n) is 16.9. The van der Waals surface area contributed by atoms with E-state index in [0.29, 0.717) is 4.88 Å². The number of hydrogen-bond donors (Lipinski definition) is 2. The summed E-state index contributed by atoms with van der Waals surface area (Å²) in [6.07, 6.45) is -0.149. The molecule has 0 aliphatic carbocycles. The third-order valence-electron chi connectivity index (χ3n) is 5.52. The van der Waals surface area contributed by atoms with E-state index in [0.717, 1.165) is 0 Å². The molecule has 1 fully saturated rings. The average molecular weight is 446 g/mol. The first kappa shape index (κ1) is 22.4. The first-order valence-corrected chi connectivity index (χ1v) is 10.5.